The van der Waals surface area contributed by atoms with Crippen LogP contribution in [0.3, 0.4) is 0 Å². The van der Waals surface area contributed by atoms with E-state index in [0.29, 0.717) is 21.4 Å². The molecule has 0 saturated carbocycles. The van der Waals surface area contributed by atoms with Crippen LogP contribution in [0.15, 0.2) is 65.8 Å². The maximum Gasteiger partial charge on any atom is 0.261 e. The molecule has 1 N–H and O–H groups in total. The predicted octanol–water partition coefficient (Wildman–Crippen LogP) is 4.03. The minimum Gasteiger partial charge on any atom is -0.301 e. The van der Waals surface area contributed by atoms with Gasteiger partial charge in [-0.05, 0) is 24.3 Å². The Hall–Kier alpha value is -2.57. The lowest BCUT2D eigenvalue weighted by Crippen LogP contribution is -2.27. The fourth-order valence-electron chi connectivity index (χ4n) is 2.65. The molecule has 7 heteroatoms. The Labute approximate surface area is 160 Å². The molecular formula is C19H15ClN4OS. The van der Waals surface area contributed by atoms with Crippen LogP contribution in [0.2, 0.25) is 5.02 Å². The Balaban J connectivity index is 1.76. The van der Waals surface area contributed by atoms with Crippen molar-refractivity contribution in [2.45, 2.75) is 0 Å². The van der Waals surface area contributed by atoms with Gasteiger partial charge in [0.2, 0.25) is 0 Å². The molecule has 0 atom stereocenters. The van der Waals surface area contributed by atoms with Crippen LogP contribution in [-0.2, 0) is 0 Å². The molecule has 3 aromatic rings. The molecule has 0 radical (unpaired) electrons. The minimum atomic E-state index is -0.217. The van der Waals surface area contributed by atoms with E-state index >= 15 is 0 Å². The second-order valence-electron chi connectivity index (χ2n) is 5.67. The molecule has 26 heavy (non-hydrogen) atoms. The Bertz CT molecular complexity index is 967. The van der Waals surface area contributed by atoms with Crippen LogP contribution in [0.5, 0.6) is 0 Å². The molecule has 0 spiro atoms. The van der Waals surface area contributed by atoms with Gasteiger partial charge in [-0.2, -0.15) is 5.10 Å². The molecule has 0 fully saturated rings. The predicted molar refractivity (Wildman–Crippen MR) is 106 cm³/mol. The van der Waals surface area contributed by atoms with Crippen LogP contribution in [0, 0.1) is 0 Å². The lowest BCUT2D eigenvalue weighted by molar-refractivity contribution is 0.0978. The number of hydrogen-bond acceptors (Lipinski definition) is 4. The third-order valence-electron chi connectivity index (χ3n) is 3.90. The van der Waals surface area contributed by atoms with Crippen molar-refractivity contribution in [3.8, 4) is 16.9 Å². The average Bonchev–Trinajstić information content (AvgIpc) is 3.33. The van der Waals surface area contributed by atoms with Gasteiger partial charge in [-0.3, -0.25) is 9.79 Å². The first kappa shape index (κ1) is 16.9. The van der Waals surface area contributed by atoms with E-state index in [9.17, 15) is 4.79 Å². The van der Waals surface area contributed by atoms with Gasteiger partial charge in [0.05, 0.1) is 17.8 Å². The Morgan fingerprint density at radius 2 is 1.88 bits per heavy atom. The van der Waals surface area contributed by atoms with E-state index in [-0.39, 0.29) is 5.91 Å². The normalized spacial score (nSPS) is 13.5. The highest BCUT2D eigenvalue weighted by Crippen LogP contribution is 2.25. The number of nitrogens with zero attached hydrogens (tertiary/aromatic N) is 3. The van der Waals surface area contributed by atoms with Crippen molar-refractivity contribution in [2.75, 3.05) is 12.3 Å². The molecule has 1 aliphatic heterocycles. The van der Waals surface area contributed by atoms with Gasteiger partial charge < -0.3 is 5.32 Å². The Morgan fingerprint density at radius 3 is 2.58 bits per heavy atom. The van der Waals surface area contributed by atoms with Gasteiger partial charge in [0.1, 0.15) is 5.69 Å². The number of amides is 1. The lowest BCUT2D eigenvalue weighted by atomic mass is 10.1. The first-order valence-corrected chi connectivity index (χ1v) is 9.47. The maximum atomic E-state index is 12.8. The summed E-state index contributed by atoms with van der Waals surface area (Å²) in [4.78, 5) is 17.1. The van der Waals surface area contributed by atoms with Crippen LogP contribution >= 0.6 is 23.4 Å². The first-order valence-electron chi connectivity index (χ1n) is 8.10. The van der Waals surface area contributed by atoms with Crippen molar-refractivity contribution in [1.29, 1.82) is 0 Å². The van der Waals surface area contributed by atoms with E-state index in [0.717, 1.165) is 23.5 Å². The zero-order valence-electron chi connectivity index (χ0n) is 13.7. The number of aliphatic imine (C=N–C) groups is 1. The number of carbonyl (C=O) groups is 1. The fraction of sp³-hybridized carbons (Fsp3) is 0.105. The summed E-state index contributed by atoms with van der Waals surface area (Å²) < 4.78 is 1.71. The summed E-state index contributed by atoms with van der Waals surface area (Å²) in [5.74, 6) is 0.674. The van der Waals surface area contributed by atoms with Crippen molar-refractivity contribution >= 4 is 34.4 Å². The van der Waals surface area contributed by atoms with Crippen LogP contribution in [0.4, 0.5) is 0 Å². The third-order valence-corrected chi connectivity index (χ3v) is 5.05. The molecule has 2 heterocycles. The van der Waals surface area contributed by atoms with E-state index in [1.54, 1.807) is 34.8 Å². The molecule has 0 saturated heterocycles. The molecule has 1 amide bonds. The quantitative estimate of drug-likeness (QED) is 0.744. The van der Waals surface area contributed by atoms with Crippen molar-refractivity contribution in [3.05, 3.63) is 71.4 Å². The van der Waals surface area contributed by atoms with Crippen LogP contribution in [0.25, 0.3) is 16.9 Å². The summed E-state index contributed by atoms with van der Waals surface area (Å²) in [6.45, 7) is 0.730. The molecule has 5 nitrogen and oxygen atoms in total. The number of hydrogen-bond donors (Lipinski definition) is 1. The number of nitrogens with one attached hydrogen (secondary N) is 1. The van der Waals surface area contributed by atoms with Gasteiger partial charge in [-0.1, -0.05) is 53.7 Å². The van der Waals surface area contributed by atoms with Gasteiger partial charge in [0.25, 0.3) is 5.91 Å². The summed E-state index contributed by atoms with van der Waals surface area (Å²) >= 11 is 7.54. The van der Waals surface area contributed by atoms with Crippen molar-refractivity contribution in [2.24, 2.45) is 4.99 Å². The van der Waals surface area contributed by atoms with Crippen LogP contribution in [-0.4, -0.2) is 33.2 Å². The van der Waals surface area contributed by atoms with Gasteiger partial charge in [-0.15, -0.1) is 0 Å². The molecule has 1 aromatic heterocycles. The molecule has 2 aromatic carbocycles. The van der Waals surface area contributed by atoms with Crippen LogP contribution < -0.4 is 5.32 Å². The zero-order valence-corrected chi connectivity index (χ0v) is 15.3. The minimum absolute atomic E-state index is 0.217. The SMILES string of the molecule is O=C(NC1=NCCS1)c1cn(-c2ccccc2)nc1-c1ccc(Cl)cc1. The highest BCUT2D eigenvalue weighted by atomic mass is 35.5. The smallest absolute Gasteiger partial charge is 0.261 e. The second-order valence-corrected chi connectivity index (χ2v) is 7.19. The molecule has 1 aliphatic rings. The second kappa shape index (κ2) is 7.35. The fourth-order valence-corrected chi connectivity index (χ4v) is 3.50. The molecule has 0 unspecified atom stereocenters. The summed E-state index contributed by atoms with van der Waals surface area (Å²) in [5, 5.41) is 8.81. The third kappa shape index (κ3) is 3.52. The summed E-state index contributed by atoms with van der Waals surface area (Å²) in [5.41, 5.74) is 2.81. The number of rotatable bonds is 3. The Kier molecular flexibility index (Phi) is 4.77. The maximum absolute atomic E-state index is 12.8. The monoisotopic (exact) mass is 382 g/mol. The molecule has 130 valence electrons. The highest BCUT2D eigenvalue weighted by molar-refractivity contribution is 8.14. The summed E-state index contributed by atoms with van der Waals surface area (Å²) in [6.07, 6.45) is 1.74. The number of amidine groups is 1. The number of benzene rings is 2. The van der Waals surface area contributed by atoms with E-state index in [4.69, 9.17) is 11.6 Å². The number of halogens is 1. The van der Waals surface area contributed by atoms with Crippen molar-refractivity contribution in [1.82, 2.24) is 15.1 Å². The molecule has 0 aliphatic carbocycles. The summed E-state index contributed by atoms with van der Waals surface area (Å²) in [7, 11) is 0. The number of para-hydroxylation sites is 1. The van der Waals surface area contributed by atoms with E-state index in [1.165, 1.54) is 0 Å². The Morgan fingerprint density at radius 1 is 1.12 bits per heavy atom. The number of carbonyl (C=O) groups excluding carboxylic acids is 1. The lowest BCUT2D eigenvalue weighted by Gasteiger charge is -2.04. The zero-order chi connectivity index (χ0) is 17.9. The van der Waals surface area contributed by atoms with Gasteiger partial charge in [0.15, 0.2) is 5.17 Å². The van der Waals surface area contributed by atoms with E-state index in [2.05, 4.69) is 15.4 Å². The number of aromatic nitrogens is 2. The molecule has 4 rings (SSSR count). The highest BCUT2D eigenvalue weighted by Gasteiger charge is 2.21. The van der Waals surface area contributed by atoms with Gasteiger partial charge in [-0.25, -0.2) is 4.68 Å². The summed E-state index contributed by atoms with van der Waals surface area (Å²) in [6, 6.07) is 17.0. The van der Waals surface area contributed by atoms with Crippen LogP contribution in [0.1, 0.15) is 10.4 Å². The van der Waals surface area contributed by atoms with Crippen molar-refractivity contribution in [3.63, 3.8) is 0 Å². The molecule has 0 bridgehead atoms. The van der Waals surface area contributed by atoms with E-state index < -0.39 is 0 Å². The average molecular weight is 383 g/mol. The molecular weight excluding hydrogens is 368 g/mol. The largest absolute Gasteiger partial charge is 0.301 e. The van der Waals surface area contributed by atoms with Gasteiger partial charge >= 0.3 is 0 Å². The van der Waals surface area contributed by atoms with E-state index in [1.807, 2.05) is 42.5 Å². The van der Waals surface area contributed by atoms with Crippen molar-refractivity contribution < 1.29 is 4.79 Å². The van der Waals surface area contributed by atoms with Gasteiger partial charge in [0, 0.05) is 22.5 Å². The standard InChI is InChI=1S/C19H15ClN4OS/c20-14-8-6-13(7-9-14)17-16(18(25)22-19-21-10-11-26-19)12-24(23-17)15-4-2-1-3-5-15/h1-9,12H,10-11H2,(H,21,22,25). The number of thioether (sulfide) groups is 1. The topological polar surface area (TPSA) is 59.3 Å². The first-order chi connectivity index (χ1) is 12.7.